The molecular formula is C29H38O12. The van der Waals surface area contributed by atoms with Crippen molar-refractivity contribution in [1.29, 1.82) is 0 Å². The van der Waals surface area contributed by atoms with Crippen LogP contribution in [0.3, 0.4) is 0 Å². The van der Waals surface area contributed by atoms with E-state index in [-0.39, 0.29) is 13.2 Å². The van der Waals surface area contributed by atoms with Crippen LogP contribution in [0.1, 0.15) is 25.0 Å². The molecule has 0 bridgehead atoms. The fourth-order valence-corrected chi connectivity index (χ4v) is 5.33. The van der Waals surface area contributed by atoms with Crippen LogP contribution in [0.4, 0.5) is 0 Å². The molecule has 0 spiro atoms. The summed E-state index contributed by atoms with van der Waals surface area (Å²) < 4.78 is 41.8. The lowest BCUT2D eigenvalue weighted by Gasteiger charge is -2.46. The zero-order chi connectivity index (χ0) is 29.2. The third-order valence-corrected chi connectivity index (χ3v) is 7.36. The summed E-state index contributed by atoms with van der Waals surface area (Å²) in [5.74, 6) is -3.55. The lowest BCUT2D eigenvalue weighted by Crippen LogP contribution is -2.65. The fourth-order valence-electron chi connectivity index (χ4n) is 5.33. The third kappa shape index (κ3) is 6.49. The number of ether oxygens (including phenoxy) is 7. The van der Waals surface area contributed by atoms with Crippen LogP contribution in [0.5, 0.6) is 0 Å². The van der Waals surface area contributed by atoms with Gasteiger partial charge >= 0.3 is 0 Å². The molecule has 0 radical (unpaired) electrons. The Morgan fingerprint density at radius 3 is 2.00 bits per heavy atom. The van der Waals surface area contributed by atoms with Crippen molar-refractivity contribution in [2.24, 2.45) is 0 Å². The van der Waals surface area contributed by atoms with E-state index in [4.69, 9.17) is 33.2 Å². The Morgan fingerprint density at radius 2 is 1.44 bits per heavy atom. The van der Waals surface area contributed by atoms with Gasteiger partial charge in [-0.2, -0.15) is 0 Å². The van der Waals surface area contributed by atoms with E-state index < -0.39 is 80.1 Å². The number of hydrogen-bond donors (Lipinski definition) is 5. The van der Waals surface area contributed by atoms with Gasteiger partial charge < -0.3 is 58.7 Å². The fraction of sp³-hybridized carbons (Fsp3) is 0.586. The molecule has 10 atom stereocenters. The summed E-state index contributed by atoms with van der Waals surface area (Å²) in [4.78, 5) is 0. The minimum atomic E-state index is -2.40. The van der Waals surface area contributed by atoms with Gasteiger partial charge in [0.2, 0.25) is 5.79 Å². The van der Waals surface area contributed by atoms with E-state index in [0.29, 0.717) is 0 Å². The first-order chi connectivity index (χ1) is 19.6. The summed E-state index contributed by atoms with van der Waals surface area (Å²) in [6, 6.07) is 18.6. The van der Waals surface area contributed by atoms with Crippen LogP contribution in [0.15, 0.2) is 60.7 Å². The molecule has 2 aromatic carbocycles. The van der Waals surface area contributed by atoms with Crippen LogP contribution >= 0.6 is 0 Å². The van der Waals surface area contributed by atoms with Gasteiger partial charge in [0.25, 0.3) is 0 Å². The van der Waals surface area contributed by atoms with Gasteiger partial charge in [-0.3, -0.25) is 0 Å². The maximum Gasteiger partial charge on any atom is 0.229 e. The molecule has 2 aromatic rings. The Labute approximate surface area is 237 Å². The normalized spacial score (nSPS) is 37.1. The smallest absolute Gasteiger partial charge is 0.229 e. The van der Waals surface area contributed by atoms with E-state index in [1.807, 2.05) is 60.7 Å². The van der Waals surface area contributed by atoms with Crippen molar-refractivity contribution in [2.45, 2.75) is 93.9 Å². The monoisotopic (exact) mass is 578 g/mol. The number of benzene rings is 2. The number of aliphatic hydroxyl groups is 5. The molecule has 0 saturated carbocycles. The Balaban J connectivity index is 1.46. The van der Waals surface area contributed by atoms with Crippen molar-refractivity contribution in [1.82, 2.24) is 0 Å². The first-order valence-corrected chi connectivity index (χ1v) is 13.6. The Hall–Kier alpha value is -2.04. The van der Waals surface area contributed by atoms with Gasteiger partial charge in [0.1, 0.15) is 36.6 Å². The second-order valence-electron chi connectivity index (χ2n) is 10.8. The summed E-state index contributed by atoms with van der Waals surface area (Å²) in [6.07, 6.45) is -11.6. The molecule has 12 nitrogen and oxygen atoms in total. The van der Waals surface area contributed by atoms with Crippen LogP contribution in [0, 0.1) is 0 Å². The van der Waals surface area contributed by atoms with E-state index in [1.54, 1.807) is 13.8 Å². The minimum absolute atomic E-state index is 0.0761. The highest BCUT2D eigenvalue weighted by Crippen LogP contribution is 2.46. The van der Waals surface area contributed by atoms with Gasteiger partial charge in [-0.05, 0) is 25.0 Å². The van der Waals surface area contributed by atoms with Gasteiger partial charge in [0, 0.05) is 0 Å². The summed E-state index contributed by atoms with van der Waals surface area (Å²) in [6.45, 7) is 2.09. The zero-order valence-corrected chi connectivity index (χ0v) is 22.9. The van der Waals surface area contributed by atoms with Gasteiger partial charge in [0.05, 0.1) is 26.4 Å². The standard InChI is InChI=1S/C29H38O12/c1-28(2)39-25-27(40-28)38-24(19(32)13-30)29(25,34)41-26-23(36-16-18-11-7-4-8-12-18)22(21(33)20(14-31)37-26)35-15-17-9-5-3-6-10-17/h3-12,19-27,30-34H,13-16H2,1-2H3/t19-,20?,21+,22-,23?,24+,25?,26-,27+,29-/m0/s1. The van der Waals surface area contributed by atoms with Crippen LogP contribution < -0.4 is 0 Å². The highest BCUT2D eigenvalue weighted by Gasteiger charge is 2.67. The largest absolute Gasteiger partial charge is 0.394 e. The van der Waals surface area contributed by atoms with Crippen LogP contribution in [0.2, 0.25) is 0 Å². The summed E-state index contributed by atoms with van der Waals surface area (Å²) in [7, 11) is 0. The van der Waals surface area contributed by atoms with E-state index in [1.165, 1.54) is 0 Å². The maximum atomic E-state index is 11.9. The molecule has 3 aliphatic rings. The average molecular weight is 579 g/mol. The molecule has 41 heavy (non-hydrogen) atoms. The quantitative estimate of drug-likeness (QED) is 0.230. The summed E-state index contributed by atoms with van der Waals surface area (Å²) in [5.41, 5.74) is 1.65. The van der Waals surface area contributed by atoms with Crippen molar-refractivity contribution in [3.8, 4) is 0 Å². The molecule has 3 heterocycles. The van der Waals surface area contributed by atoms with Crippen LogP contribution in [0.25, 0.3) is 0 Å². The highest BCUT2D eigenvalue weighted by molar-refractivity contribution is 5.15. The van der Waals surface area contributed by atoms with Crippen molar-refractivity contribution in [2.75, 3.05) is 13.2 Å². The van der Waals surface area contributed by atoms with Crippen molar-refractivity contribution < 1.29 is 58.7 Å². The number of aliphatic hydroxyl groups excluding tert-OH is 4. The Kier molecular flexibility index (Phi) is 9.40. The lowest BCUT2D eigenvalue weighted by molar-refractivity contribution is -0.399. The molecule has 5 N–H and O–H groups in total. The van der Waals surface area contributed by atoms with E-state index in [9.17, 15) is 25.5 Å². The molecule has 0 aliphatic carbocycles. The predicted octanol–water partition coefficient (Wildman–Crippen LogP) is 0.170. The number of fused-ring (bicyclic) bond motifs is 1. The number of rotatable bonds is 11. The second-order valence-corrected chi connectivity index (χ2v) is 10.8. The van der Waals surface area contributed by atoms with E-state index >= 15 is 0 Å². The summed E-state index contributed by atoms with van der Waals surface area (Å²) in [5, 5.41) is 53.3. The first-order valence-electron chi connectivity index (χ1n) is 13.6. The van der Waals surface area contributed by atoms with Crippen molar-refractivity contribution in [3.63, 3.8) is 0 Å². The van der Waals surface area contributed by atoms with Crippen LogP contribution in [-0.4, -0.2) is 106 Å². The van der Waals surface area contributed by atoms with Crippen molar-refractivity contribution >= 4 is 0 Å². The first kappa shape index (κ1) is 30.4. The summed E-state index contributed by atoms with van der Waals surface area (Å²) >= 11 is 0. The Morgan fingerprint density at radius 1 is 0.854 bits per heavy atom. The average Bonchev–Trinajstić information content (AvgIpc) is 3.42. The predicted molar refractivity (Wildman–Crippen MR) is 140 cm³/mol. The molecule has 3 aliphatic heterocycles. The van der Waals surface area contributed by atoms with Gasteiger partial charge in [0.15, 0.2) is 24.5 Å². The second kappa shape index (κ2) is 12.7. The minimum Gasteiger partial charge on any atom is -0.394 e. The molecule has 3 saturated heterocycles. The molecular weight excluding hydrogens is 540 g/mol. The zero-order valence-electron chi connectivity index (χ0n) is 22.9. The van der Waals surface area contributed by atoms with E-state index in [2.05, 4.69) is 0 Å². The third-order valence-electron chi connectivity index (χ3n) is 7.36. The lowest BCUT2D eigenvalue weighted by atomic mass is 9.97. The van der Waals surface area contributed by atoms with Gasteiger partial charge in [-0.1, -0.05) is 60.7 Å². The van der Waals surface area contributed by atoms with Gasteiger partial charge in [-0.25, -0.2) is 0 Å². The topological polar surface area (TPSA) is 166 Å². The molecule has 226 valence electrons. The SMILES string of the molecule is CC1(C)OC2[C@H](O[C@H]([C@@H](O)CO)[C@]2(O)O[C@@H]2OC(CO)[C@@H](O)[C@H](OCc3ccccc3)C2OCc2ccccc2)O1. The molecule has 12 heteroatoms. The molecule has 0 amide bonds. The van der Waals surface area contributed by atoms with Gasteiger partial charge in [-0.15, -0.1) is 0 Å². The Bertz CT molecular complexity index is 1100. The maximum absolute atomic E-state index is 11.9. The van der Waals surface area contributed by atoms with Crippen molar-refractivity contribution in [3.05, 3.63) is 71.8 Å². The molecule has 0 aromatic heterocycles. The van der Waals surface area contributed by atoms with E-state index in [0.717, 1.165) is 11.1 Å². The molecule has 3 fully saturated rings. The number of hydrogen-bond acceptors (Lipinski definition) is 12. The molecule has 5 rings (SSSR count). The molecule has 3 unspecified atom stereocenters. The highest BCUT2D eigenvalue weighted by atomic mass is 16.9. The van der Waals surface area contributed by atoms with Crippen LogP contribution in [-0.2, 0) is 46.4 Å².